The van der Waals surface area contributed by atoms with Crippen molar-refractivity contribution in [2.75, 3.05) is 13.1 Å². The van der Waals surface area contributed by atoms with Crippen LogP contribution in [0.1, 0.15) is 39.0 Å². The second-order valence-corrected chi connectivity index (χ2v) is 4.35. The standard InChI is InChI=1S/C11H22NO2.H2O.V/c1-10-8-11(14)12(9-10)6-4-2-3-5-7-13;;/h7,10-11,13-14H,2-6,8-9H2,1H3;1H2;/q-1;;. The molecule has 16 heavy (non-hydrogen) atoms. The largest absolute Gasteiger partial charge is 0.566 e. The van der Waals surface area contributed by atoms with Crippen molar-refractivity contribution in [1.29, 1.82) is 0 Å². The Labute approximate surface area is 110 Å². The minimum atomic E-state index is -0.214. The average Bonchev–Trinajstić information content (AvgIpc) is 2.45. The summed E-state index contributed by atoms with van der Waals surface area (Å²) in [5.41, 5.74) is 0. The van der Waals surface area contributed by atoms with E-state index in [1.54, 1.807) is 0 Å². The molecule has 0 saturated carbocycles. The first-order valence-corrected chi connectivity index (χ1v) is 5.62. The van der Waals surface area contributed by atoms with E-state index >= 15 is 0 Å². The SMILES string of the molecule is CC1CC(O)N(CCCCC[CH-]O)C1.O.[V]. The molecular formula is C11H24NO3V-. The number of hydrogen-bond acceptors (Lipinski definition) is 3. The summed E-state index contributed by atoms with van der Waals surface area (Å²) in [5.74, 6) is 0.635. The molecule has 1 aliphatic heterocycles. The summed E-state index contributed by atoms with van der Waals surface area (Å²) in [7, 11) is 0. The third-order valence-electron chi connectivity index (χ3n) is 2.86. The Kier molecular flexibility index (Phi) is 12.4. The number of hydrogen-bond donors (Lipinski definition) is 2. The minimum absolute atomic E-state index is 0. The van der Waals surface area contributed by atoms with Gasteiger partial charge in [-0.1, -0.05) is 19.8 Å². The van der Waals surface area contributed by atoms with Crippen molar-refractivity contribution in [3.8, 4) is 0 Å². The zero-order chi connectivity index (χ0) is 10.4. The number of unbranched alkanes of at least 4 members (excludes halogenated alkanes) is 3. The number of aliphatic hydroxyl groups is 2. The van der Waals surface area contributed by atoms with Crippen LogP contribution >= 0.6 is 0 Å². The fourth-order valence-corrected chi connectivity index (χ4v) is 2.07. The topological polar surface area (TPSA) is 75.2 Å². The van der Waals surface area contributed by atoms with Crippen molar-refractivity contribution < 1.29 is 34.2 Å². The third-order valence-corrected chi connectivity index (χ3v) is 2.86. The Morgan fingerprint density at radius 2 is 2.00 bits per heavy atom. The van der Waals surface area contributed by atoms with Gasteiger partial charge in [-0.15, -0.1) is 0 Å². The molecule has 1 aliphatic rings. The fourth-order valence-electron chi connectivity index (χ4n) is 2.07. The van der Waals surface area contributed by atoms with Crippen molar-refractivity contribution >= 4 is 0 Å². The van der Waals surface area contributed by atoms with Gasteiger partial charge in [0.2, 0.25) is 0 Å². The molecule has 1 rings (SSSR count). The quantitative estimate of drug-likeness (QED) is 0.556. The number of aliphatic hydroxyl groups excluding tert-OH is 2. The second-order valence-electron chi connectivity index (χ2n) is 4.35. The first kappa shape index (κ1) is 18.8. The molecule has 0 aromatic heterocycles. The summed E-state index contributed by atoms with van der Waals surface area (Å²) >= 11 is 0. The van der Waals surface area contributed by atoms with Crippen LogP contribution in [0.2, 0.25) is 0 Å². The Hall–Kier alpha value is 0.424. The van der Waals surface area contributed by atoms with Crippen LogP contribution in [0.3, 0.4) is 0 Å². The summed E-state index contributed by atoms with van der Waals surface area (Å²) < 4.78 is 0. The molecule has 0 amide bonds. The third kappa shape index (κ3) is 6.89. The van der Waals surface area contributed by atoms with Crippen molar-refractivity contribution in [1.82, 2.24) is 4.90 Å². The van der Waals surface area contributed by atoms with Crippen LogP contribution in [0.4, 0.5) is 0 Å². The van der Waals surface area contributed by atoms with E-state index in [1.807, 2.05) is 0 Å². The van der Waals surface area contributed by atoms with E-state index in [2.05, 4.69) is 11.8 Å². The van der Waals surface area contributed by atoms with Crippen LogP contribution in [0, 0.1) is 12.5 Å². The van der Waals surface area contributed by atoms with Crippen molar-refractivity contribution in [2.24, 2.45) is 5.92 Å². The van der Waals surface area contributed by atoms with E-state index in [0.717, 1.165) is 45.2 Å². The molecule has 5 heteroatoms. The van der Waals surface area contributed by atoms with Crippen LogP contribution in [0.15, 0.2) is 0 Å². The maximum atomic E-state index is 9.64. The summed E-state index contributed by atoms with van der Waals surface area (Å²) in [6.45, 7) is 5.45. The molecule has 4 N–H and O–H groups in total. The normalized spacial score (nSPS) is 24.9. The van der Waals surface area contributed by atoms with Crippen molar-refractivity contribution in [2.45, 2.75) is 45.3 Å². The molecule has 2 atom stereocenters. The Balaban J connectivity index is 0. The molecule has 0 bridgehead atoms. The summed E-state index contributed by atoms with van der Waals surface area (Å²) in [4.78, 5) is 2.16. The van der Waals surface area contributed by atoms with E-state index in [0.29, 0.717) is 5.92 Å². The summed E-state index contributed by atoms with van der Waals surface area (Å²) in [6.07, 6.45) is 4.81. The van der Waals surface area contributed by atoms with E-state index in [1.165, 1.54) is 6.61 Å². The van der Waals surface area contributed by atoms with Crippen molar-refractivity contribution in [3.05, 3.63) is 6.61 Å². The van der Waals surface area contributed by atoms with Gasteiger partial charge in [0.15, 0.2) is 0 Å². The molecule has 1 saturated heterocycles. The Morgan fingerprint density at radius 3 is 2.50 bits per heavy atom. The van der Waals surface area contributed by atoms with Gasteiger partial charge in [-0.3, -0.25) is 4.90 Å². The van der Waals surface area contributed by atoms with Crippen molar-refractivity contribution in [3.63, 3.8) is 0 Å². The van der Waals surface area contributed by atoms with E-state index in [9.17, 15) is 5.11 Å². The predicted octanol–water partition coefficient (Wildman–Crippen LogP) is 0.914. The van der Waals surface area contributed by atoms with Gasteiger partial charge in [0.25, 0.3) is 0 Å². The zero-order valence-corrected chi connectivity index (χ0v) is 11.4. The van der Waals surface area contributed by atoms with Crippen LogP contribution in [-0.4, -0.2) is 39.9 Å². The predicted molar refractivity (Wildman–Crippen MR) is 59.7 cm³/mol. The molecule has 97 valence electrons. The van der Waals surface area contributed by atoms with E-state index in [-0.39, 0.29) is 30.3 Å². The van der Waals surface area contributed by atoms with Gasteiger partial charge < -0.3 is 15.7 Å². The number of nitrogens with zero attached hydrogens (tertiary/aromatic N) is 1. The van der Waals surface area contributed by atoms with Gasteiger partial charge in [0.05, 0.1) is 0 Å². The van der Waals surface area contributed by atoms with Gasteiger partial charge in [-0.2, -0.15) is 6.42 Å². The number of rotatable bonds is 6. The van der Waals surface area contributed by atoms with Gasteiger partial charge >= 0.3 is 0 Å². The van der Waals surface area contributed by atoms with Crippen LogP contribution in [-0.2, 0) is 18.6 Å². The molecule has 0 aromatic rings. The molecule has 1 radical (unpaired) electrons. The van der Waals surface area contributed by atoms with Gasteiger partial charge in [-0.25, -0.2) is 6.61 Å². The maximum Gasteiger partial charge on any atom is 0.107 e. The molecule has 2 unspecified atom stereocenters. The van der Waals surface area contributed by atoms with E-state index in [4.69, 9.17) is 5.11 Å². The molecule has 0 aromatic carbocycles. The molecule has 4 nitrogen and oxygen atoms in total. The minimum Gasteiger partial charge on any atom is -0.566 e. The van der Waals surface area contributed by atoms with E-state index < -0.39 is 0 Å². The first-order valence-electron chi connectivity index (χ1n) is 5.62. The molecule has 0 aliphatic carbocycles. The second kappa shape index (κ2) is 10.6. The maximum absolute atomic E-state index is 9.64. The molecule has 1 heterocycles. The molecular weight excluding hydrogens is 245 g/mol. The van der Waals surface area contributed by atoms with Crippen LogP contribution < -0.4 is 0 Å². The Morgan fingerprint density at radius 1 is 1.31 bits per heavy atom. The zero-order valence-electron chi connectivity index (χ0n) is 9.97. The summed E-state index contributed by atoms with van der Waals surface area (Å²) in [6, 6.07) is 0. The van der Waals surface area contributed by atoms with Gasteiger partial charge in [0, 0.05) is 31.6 Å². The van der Waals surface area contributed by atoms with Crippen LogP contribution in [0.5, 0.6) is 0 Å². The van der Waals surface area contributed by atoms with Gasteiger partial charge in [-0.05, 0) is 18.8 Å². The fraction of sp³-hybridized carbons (Fsp3) is 0.909. The molecule has 0 spiro atoms. The smallest absolute Gasteiger partial charge is 0.107 e. The average molecular weight is 269 g/mol. The number of likely N-dealkylation sites (tertiary alicyclic amines) is 1. The molecule has 1 fully saturated rings. The van der Waals surface area contributed by atoms with Gasteiger partial charge in [0.1, 0.15) is 6.23 Å². The summed E-state index contributed by atoms with van der Waals surface area (Å²) in [5, 5.41) is 18.1. The Bertz CT molecular complexity index is 160. The van der Waals surface area contributed by atoms with Crippen LogP contribution in [0.25, 0.3) is 0 Å². The monoisotopic (exact) mass is 269 g/mol. The first-order chi connectivity index (χ1) is 6.74.